The Morgan fingerprint density at radius 1 is 1.15 bits per heavy atom. The van der Waals surface area contributed by atoms with Crippen LogP contribution in [0.1, 0.15) is 34.0 Å². The third kappa shape index (κ3) is 8.57. The van der Waals surface area contributed by atoms with Gasteiger partial charge in [0.05, 0.1) is 19.3 Å². The number of guanidine groups is 2. The minimum absolute atomic E-state index is 0.0509. The number of halogens is 6. The van der Waals surface area contributed by atoms with Crippen LogP contribution in [0.25, 0.3) is 0 Å². The van der Waals surface area contributed by atoms with Crippen LogP contribution in [-0.2, 0) is 35.2 Å². The zero-order chi connectivity index (χ0) is 31.2. The first-order valence-corrected chi connectivity index (χ1v) is 11.7. The van der Waals surface area contributed by atoms with E-state index in [1.807, 2.05) is 0 Å². The lowest BCUT2D eigenvalue weighted by Crippen LogP contribution is -2.42. The summed E-state index contributed by atoms with van der Waals surface area (Å²) in [5, 5.41) is 7.05. The van der Waals surface area contributed by atoms with E-state index in [1.54, 1.807) is 14.1 Å². The van der Waals surface area contributed by atoms with Gasteiger partial charge in [-0.1, -0.05) is 0 Å². The van der Waals surface area contributed by atoms with E-state index in [0.29, 0.717) is 12.1 Å². The number of esters is 1. The molecular formula is C23H29F6N9O3. The molecule has 12 nitrogen and oxygen atoms in total. The van der Waals surface area contributed by atoms with Crippen LogP contribution >= 0.6 is 0 Å². The van der Waals surface area contributed by atoms with Crippen molar-refractivity contribution in [3.63, 3.8) is 0 Å². The molecule has 7 N–H and O–H groups in total. The van der Waals surface area contributed by atoms with Gasteiger partial charge in [0.15, 0.2) is 23.3 Å². The Kier molecular flexibility index (Phi) is 10.7. The number of aliphatic imine (C=N–C) groups is 1. The Morgan fingerprint density at radius 2 is 1.76 bits per heavy atom. The number of aromatic nitrogens is 2. The number of fused-ring (bicyclic) bond motifs is 1. The molecule has 1 aromatic carbocycles. The van der Waals surface area contributed by atoms with E-state index in [1.165, 1.54) is 9.80 Å². The van der Waals surface area contributed by atoms with Gasteiger partial charge >= 0.3 is 12.1 Å². The molecule has 2 aromatic rings. The summed E-state index contributed by atoms with van der Waals surface area (Å²) >= 11 is 0. The van der Waals surface area contributed by atoms with Gasteiger partial charge in [-0.15, -0.1) is 0 Å². The maximum absolute atomic E-state index is 13.8. The van der Waals surface area contributed by atoms with Crippen molar-refractivity contribution in [1.29, 1.82) is 5.41 Å². The lowest BCUT2D eigenvalue weighted by atomic mass is 10.0. The average molecular weight is 594 g/mol. The maximum atomic E-state index is 13.8. The third-order valence-corrected chi connectivity index (χ3v) is 5.66. The highest BCUT2D eigenvalue weighted by Crippen LogP contribution is 2.32. The molecule has 0 spiro atoms. The summed E-state index contributed by atoms with van der Waals surface area (Å²) in [5.41, 5.74) is 14.9. The molecular weight excluding hydrogens is 564 g/mol. The Bertz CT molecular complexity index is 1320. The highest BCUT2D eigenvalue weighted by Gasteiger charge is 2.42. The number of ether oxygens (including phenoxy) is 1. The van der Waals surface area contributed by atoms with E-state index < -0.39 is 53.1 Å². The molecule has 18 heteroatoms. The number of nitrogens with two attached hydrogens (primary N) is 3. The molecule has 226 valence electrons. The summed E-state index contributed by atoms with van der Waals surface area (Å²) in [6, 6.07) is 0.0485. The molecule has 3 rings (SSSR count). The van der Waals surface area contributed by atoms with Gasteiger partial charge in [-0.05, 0) is 18.1 Å². The zero-order valence-corrected chi connectivity index (χ0v) is 22.2. The first kappa shape index (κ1) is 32.9. The number of hydrogen-bond donors (Lipinski definition) is 4. The van der Waals surface area contributed by atoms with Crippen LogP contribution in [0.4, 0.5) is 26.3 Å². The molecule has 1 aliphatic rings. The molecule has 0 fully saturated rings. The van der Waals surface area contributed by atoms with Crippen molar-refractivity contribution < 1.29 is 40.7 Å². The van der Waals surface area contributed by atoms with Crippen molar-refractivity contribution in [3.8, 4) is 0 Å². The second-order valence-corrected chi connectivity index (χ2v) is 8.97. The first-order chi connectivity index (χ1) is 19.0. The van der Waals surface area contributed by atoms with Gasteiger partial charge in [-0.25, -0.2) is 22.9 Å². The monoisotopic (exact) mass is 593 g/mol. The van der Waals surface area contributed by atoms with E-state index in [0.717, 1.165) is 11.7 Å². The number of nitrogens with zero attached hydrogens (tertiary/aromatic N) is 5. The minimum atomic E-state index is -4.82. The van der Waals surface area contributed by atoms with Gasteiger partial charge in [0.2, 0.25) is 17.7 Å². The SMILES string of the molecule is CN(C)C(=N)N=C(N)N.COC(=O)c1nc(C(F)(F)F)n2c1CN(C(=O)C[C@H](N)Cc1cc(F)c(F)cc1F)CC2. The second-order valence-electron chi connectivity index (χ2n) is 8.97. The van der Waals surface area contributed by atoms with Crippen molar-refractivity contribution in [2.45, 2.75) is 38.1 Å². The molecule has 1 aliphatic heterocycles. The van der Waals surface area contributed by atoms with E-state index in [4.69, 9.17) is 22.6 Å². The fraction of sp³-hybridized carbons (Fsp3) is 0.435. The number of benzene rings is 1. The van der Waals surface area contributed by atoms with E-state index >= 15 is 0 Å². The number of alkyl halides is 3. The lowest BCUT2D eigenvalue weighted by Gasteiger charge is -2.30. The first-order valence-electron chi connectivity index (χ1n) is 11.7. The summed E-state index contributed by atoms with van der Waals surface area (Å²) in [7, 11) is 4.37. The fourth-order valence-electron chi connectivity index (χ4n) is 3.71. The Hall–Kier alpha value is -4.35. The molecule has 0 saturated heterocycles. The second kappa shape index (κ2) is 13.3. The number of nitrogens with one attached hydrogen (secondary N) is 1. The zero-order valence-electron chi connectivity index (χ0n) is 22.2. The average Bonchev–Trinajstić information content (AvgIpc) is 3.26. The molecule has 0 saturated carbocycles. The molecule has 1 atom stereocenters. The summed E-state index contributed by atoms with van der Waals surface area (Å²) in [6.07, 6.45) is -5.43. The van der Waals surface area contributed by atoms with Gasteiger partial charge in [0, 0.05) is 45.7 Å². The van der Waals surface area contributed by atoms with E-state index in [9.17, 15) is 35.9 Å². The molecule has 0 bridgehead atoms. The summed E-state index contributed by atoms with van der Waals surface area (Å²) < 4.78 is 85.3. The molecule has 0 aliphatic carbocycles. The predicted molar refractivity (Wildman–Crippen MR) is 134 cm³/mol. The van der Waals surface area contributed by atoms with Crippen molar-refractivity contribution in [3.05, 3.63) is 52.4 Å². The summed E-state index contributed by atoms with van der Waals surface area (Å²) in [5.74, 6) is -6.60. The number of hydrogen-bond acceptors (Lipinski definition) is 6. The number of imidazole rings is 1. The predicted octanol–water partition coefficient (Wildman–Crippen LogP) is 1.16. The van der Waals surface area contributed by atoms with E-state index in [-0.39, 0.29) is 55.7 Å². The molecule has 1 aromatic heterocycles. The molecule has 0 radical (unpaired) electrons. The van der Waals surface area contributed by atoms with Gasteiger partial charge in [0.25, 0.3) is 0 Å². The van der Waals surface area contributed by atoms with Gasteiger partial charge in [0.1, 0.15) is 5.82 Å². The summed E-state index contributed by atoms with van der Waals surface area (Å²) in [4.78, 5) is 34.0. The molecule has 0 unspecified atom stereocenters. The van der Waals surface area contributed by atoms with Crippen LogP contribution in [0.3, 0.4) is 0 Å². The quantitative estimate of drug-likeness (QED) is 0.131. The molecule has 41 heavy (non-hydrogen) atoms. The smallest absolute Gasteiger partial charge is 0.449 e. The van der Waals surface area contributed by atoms with Crippen LogP contribution < -0.4 is 17.2 Å². The van der Waals surface area contributed by atoms with Gasteiger partial charge < -0.3 is 36.3 Å². The van der Waals surface area contributed by atoms with Crippen molar-refractivity contribution >= 4 is 23.8 Å². The Labute approximate surface area is 230 Å². The van der Waals surface area contributed by atoms with Crippen LogP contribution in [0.2, 0.25) is 0 Å². The van der Waals surface area contributed by atoms with Gasteiger partial charge in [-0.2, -0.15) is 18.2 Å². The highest BCUT2D eigenvalue weighted by molar-refractivity contribution is 5.91. The van der Waals surface area contributed by atoms with Crippen molar-refractivity contribution in [2.75, 3.05) is 27.7 Å². The normalized spacial score (nSPS) is 13.4. The van der Waals surface area contributed by atoms with Gasteiger partial charge in [-0.3, -0.25) is 10.2 Å². The van der Waals surface area contributed by atoms with Crippen LogP contribution in [0.15, 0.2) is 17.1 Å². The standard InChI is InChI=1S/C19H18F6N4O3.C4H11N5/c1-32-17(31)16-14-8-28(2-3-29(14)18(27-16)19(23,24)25)15(30)6-10(26)4-9-5-12(21)13(22)7-11(9)20;1-9(2)4(7)8-3(5)6/h5,7,10H,2-4,6,8,26H2,1H3;1-2H3,(H5,5,6,7,8)/t10-;/m1./s1. The van der Waals surface area contributed by atoms with Crippen LogP contribution in [0, 0.1) is 22.9 Å². The molecule has 2 heterocycles. The van der Waals surface area contributed by atoms with E-state index in [2.05, 4.69) is 14.7 Å². The Balaban J connectivity index is 0.000000564. The van der Waals surface area contributed by atoms with Crippen molar-refractivity contribution in [1.82, 2.24) is 19.4 Å². The number of amides is 1. The Morgan fingerprint density at radius 3 is 2.27 bits per heavy atom. The minimum Gasteiger partial charge on any atom is -0.464 e. The third-order valence-electron chi connectivity index (χ3n) is 5.66. The fourth-order valence-corrected chi connectivity index (χ4v) is 3.71. The van der Waals surface area contributed by atoms with Crippen LogP contribution in [0.5, 0.6) is 0 Å². The topological polar surface area (TPSA) is 182 Å². The number of methoxy groups -OCH3 is 1. The number of rotatable bonds is 5. The largest absolute Gasteiger partial charge is 0.464 e. The summed E-state index contributed by atoms with van der Waals surface area (Å²) in [6.45, 7) is -0.732. The number of carbonyl (C=O) groups is 2. The molecule has 1 amide bonds. The van der Waals surface area contributed by atoms with Crippen LogP contribution in [-0.4, -0.2) is 76.9 Å². The maximum Gasteiger partial charge on any atom is 0.449 e. The van der Waals surface area contributed by atoms with Crippen molar-refractivity contribution in [2.24, 2.45) is 22.2 Å². The highest BCUT2D eigenvalue weighted by atomic mass is 19.4. The number of carbonyl (C=O) groups excluding carboxylic acids is 2. The lowest BCUT2D eigenvalue weighted by molar-refractivity contribution is -0.148.